The fourth-order valence-electron chi connectivity index (χ4n) is 1.77. The average Bonchev–Trinajstić information content (AvgIpc) is 2.66. The largest absolute Gasteiger partial charge is 0.453 e. The van der Waals surface area contributed by atoms with Crippen LogP contribution in [0.2, 0.25) is 0 Å². The summed E-state index contributed by atoms with van der Waals surface area (Å²) in [6.45, 7) is 1.79. The van der Waals surface area contributed by atoms with Crippen LogP contribution in [0.15, 0.2) is 35.3 Å². The van der Waals surface area contributed by atoms with E-state index in [1.54, 1.807) is 19.1 Å². The van der Waals surface area contributed by atoms with E-state index in [1.165, 1.54) is 18.9 Å². The number of benzene rings is 1. The van der Waals surface area contributed by atoms with Crippen LogP contribution in [0.25, 0.3) is 0 Å². The van der Waals surface area contributed by atoms with Crippen molar-refractivity contribution in [2.24, 2.45) is 4.99 Å². The van der Waals surface area contributed by atoms with Crippen LogP contribution in [0.4, 0.5) is 4.79 Å². The summed E-state index contributed by atoms with van der Waals surface area (Å²) in [5.74, 6) is 0. The Labute approximate surface area is 109 Å². The van der Waals surface area contributed by atoms with E-state index >= 15 is 0 Å². The summed E-state index contributed by atoms with van der Waals surface area (Å²) in [4.78, 5) is 15.5. The van der Waals surface area contributed by atoms with Gasteiger partial charge in [0.2, 0.25) is 5.72 Å². The van der Waals surface area contributed by atoms with Crippen molar-refractivity contribution in [1.82, 2.24) is 5.32 Å². The Hall–Kier alpha value is -1.53. The highest BCUT2D eigenvalue weighted by atomic mass is 32.2. The Morgan fingerprint density at radius 2 is 2.17 bits per heavy atom. The zero-order valence-electron chi connectivity index (χ0n) is 10.1. The number of amides is 1. The van der Waals surface area contributed by atoms with Crippen molar-refractivity contribution in [2.45, 2.75) is 18.0 Å². The van der Waals surface area contributed by atoms with Crippen molar-refractivity contribution >= 4 is 22.9 Å². The summed E-state index contributed by atoms with van der Waals surface area (Å²) >= 11 is 1.30. The van der Waals surface area contributed by atoms with Gasteiger partial charge in [0.1, 0.15) is 5.37 Å². The van der Waals surface area contributed by atoms with Gasteiger partial charge in [-0.2, -0.15) is 0 Å². The molecule has 1 aliphatic heterocycles. The third-order valence-electron chi connectivity index (χ3n) is 2.61. The molecular weight excluding hydrogens is 252 g/mol. The van der Waals surface area contributed by atoms with E-state index in [9.17, 15) is 9.90 Å². The summed E-state index contributed by atoms with van der Waals surface area (Å²) in [6, 6.07) is 9.03. The highest BCUT2D eigenvalue weighted by molar-refractivity contribution is 8.14. The van der Waals surface area contributed by atoms with Crippen LogP contribution < -0.4 is 5.32 Å². The molecule has 0 unspecified atom stereocenters. The second-order valence-corrected chi connectivity index (χ2v) is 5.15. The van der Waals surface area contributed by atoms with E-state index in [4.69, 9.17) is 0 Å². The SMILES string of the molecule is COC(=O)N[C@@H]1SC(C)=N[C@@]1(O)c1ccccc1. The van der Waals surface area contributed by atoms with Gasteiger partial charge >= 0.3 is 6.09 Å². The van der Waals surface area contributed by atoms with Crippen molar-refractivity contribution in [3.05, 3.63) is 35.9 Å². The fraction of sp³-hybridized carbons (Fsp3) is 0.333. The quantitative estimate of drug-likeness (QED) is 0.854. The molecule has 0 saturated heterocycles. The maximum Gasteiger partial charge on any atom is 0.407 e. The Balaban J connectivity index is 2.30. The van der Waals surface area contributed by atoms with E-state index in [2.05, 4.69) is 15.0 Å². The maximum absolute atomic E-state index is 11.3. The number of carbonyl (C=O) groups is 1. The lowest BCUT2D eigenvalue weighted by molar-refractivity contribution is 0.0372. The third kappa shape index (κ3) is 2.34. The molecule has 1 aromatic carbocycles. The number of aliphatic hydroxyl groups is 1. The molecule has 1 aromatic rings. The monoisotopic (exact) mass is 266 g/mol. The van der Waals surface area contributed by atoms with Crippen molar-refractivity contribution in [2.75, 3.05) is 7.11 Å². The standard InChI is InChI=1S/C12H14N2O3S/c1-8-14-12(16,9-6-4-3-5-7-9)10(18-8)13-11(15)17-2/h3-7,10,16H,1-2H3,(H,13,15)/t10-,12-/m1/s1. The molecule has 0 saturated carbocycles. The Morgan fingerprint density at radius 3 is 2.78 bits per heavy atom. The van der Waals surface area contributed by atoms with E-state index in [-0.39, 0.29) is 0 Å². The molecule has 0 radical (unpaired) electrons. The predicted molar refractivity (Wildman–Crippen MR) is 70.4 cm³/mol. The van der Waals surface area contributed by atoms with Crippen LogP contribution in [0.5, 0.6) is 0 Å². The molecule has 0 bridgehead atoms. The molecule has 2 N–H and O–H groups in total. The molecule has 2 atom stereocenters. The summed E-state index contributed by atoms with van der Waals surface area (Å²) < 4.78 is 4.55. The molecule has 0 aromatic heterocycles. The molecular formula is C12H14N2O3S. The Kier molecular flexibility index (Phi) is 3.58. The Morgan fingerprint density at radius 1 is 1.50 bits per heavy atom. The van der Waals surface area contributed by atoms with Crippen LogP contribution >= 0.6 is 11.8 Å². The third-order valence-corrected chi connectivity index (χ3v) is 3.73. The van der Waals surface area contributed by atoms with Gasteiger partial charge in [0.25, 0.3) is 0 Å². The van der Waals surface area contributed by atoms with Crippen LogP contribution in [0.1, 0.15) is 12.5 Å². The van der Waals surface area contributed by atoms with Crippen molar-refractivity contribution < 1.29 is 14.6 Å². The average molecular weight is 266 g/mol. The first-order chi connectivity index (χ1) is 8.56. The van der Waals surface area contributed by atoms with Crippen LogP contribution in [-0.4, -0.2) is 28.7 Å². The van der Waals surface area contributed by atoms with Gasteiger partial charge in [-0.05, 0) is 6.92 Å². The molecule has 0 aliphatic carbocycles. The number of alkyl carbamates (subject to hydrolysis) is 1. The topological polar surface area (TPSA) is 70.9 Å². The van der Waals surface area contributed by atoms with E-state index < -0.39 is 17.2 Å². The van der Waals surface area contributed by atoms with Crippen LogP contribution in [0.3, 0.4) is 0 Å². The second kappa shape index (κ2) is 4.99. The maximum atomic E-state index is 11.3. The number of rotatable bonds is 2. The van der Waals surface area contributed by atoms with Gasteiger partial charge in [0.15, 0.2) is 0 Å². The van der Waals surface area contributed by atoms with Gasteiger partial charge < -0.3 is 15.2 Å². The number of methoxy groups -OCH3 is 1. The lowest BCUT2D eigenvalue weighted by Gasteiger charge is -2.27. The summed E-state index contributed by atoms with van der Waals surface area (Å²) in [5, 5.41) is 13.4. The highest BCUT2D eigenvalue weighted by Crippen LogP contribution is 2.39. The van der Waals surface area contributed by atoms with E-state index in [1.807, 2.05) is 18.2 Å². The first kappa shape index (κ1) is 12.9. The summed E-state index contributed by atoms with van der Waals surface area (Å²) in [7, 11) is 1.28. The van der Waals surface area contributed by atoms with Gasteiger partial charge in [-0.15, -0.1) is 0 Å². The number of aliphatic imine (C=N–C) groups is 1. The summed E-state index contributed by atoms with van der Waals surface area (Å²) in [6.07, 6.45) is -0.591. The molecule has 1 amide bonds. The van der Waals surface area contributed by atoms with E-state index in [0.717, 1.165) is 0 Å². The number of ether oxygens (including phenoxy) is 1. The van der Waals surface area contributed by atoms with Crippen molar-refractivity contribution in [1.29, 1.82) is 0 Å². The number of nitrogens with one attached hydrogen (secondary N) is 1. The van der Waals surface area contributed by atoms with Gasteiger partial charge in [0, 0.05) is 5.56 Å². The molecule has 1 heterocycles. The number of hydrogen-bond donors (Lipinski definition) is 2. The molecule has 5 nitrogen and oxygen atoms in total. The smallest absolute Gasteiger partial charge is 0.407 e. The minimum atomic E-state index is -1.45. The van der Waals surface area contributed by atoms with Crippen LogP contribution in [0, 0.1) is 0 Å². The van der Waals surface area contributed by atoms with Gasteiger partial charge in [-0.3, -0.25) is 0 Å². The van der Waals surface area contributed by atoms with Crippen LogP contribution in [-0.2, 0) is 10.5 Å². The van der Waals surface area contributed by atoms with Crippen molar-refractivity contribution in [3.8, 4) is 0 Å². The molecule has 0 spiro atoms. The highest BCUT2D eigenvalue weighted by Gasteiger charge is 2.45. The van der Waals surface area contributed by atoms with Gasteiger partial charge in [-0.25, -0.2) is 9.79 Å². The zero-order chi connectivity index (χ0) is 13.2. The van der Waals surface area contributed by atoms with Gasteiger partial charge in [0.05, 0.1) is 12.2 Å². The first-order valence-corrected chi connectivity index (χ1v) is 6.29. The fourth-order valence-corrected chi connectivity index (χ4v) is 2.81. The number of thioether (sulfide) groups is 1. The van der Waals surface area contributed by atoms with Gasteiger partial charge in [-0.1, -0.05) is 42.1 Å². The van der Waals surface area contributed by atoms with Crippen molar-refractivity contribution in [3.63, 3.8) is 0 Å². The Bertz CT molecular complexity index is 477. The number of carbonyl (C=O) groups excluding carboxylic acids is 1. The molecule has 18 heavy (non-hydrogen) atoms. The normalized spacial score (nSPS) is 26.6. The first-order valence-electron chi connectivity index (χ1n) is 5.42. The minimum Gasteiger partial charge on any atom is -0.453 e. The lowest BCUT2D eigenvalue weighted by atomic mass is 10.0. The predicted octanol–water partition coefficient (Wildman–Crippen LogP) is 1.68. The number of hydrogen-bond acceptors (Lipinski definition) is 5. The molecule has 1 aliphatic rings. The zero-order valence-corrected chi connectivity index (χ0v) is 10.9. The molecule has 96 valence electrons. The lowest BCUT2D eigenvalue weighted by Crippen LogP contribution is -2.45. The molecule has 2 rings (SSSR count). The summed E-state index contributed by atoms with van der Waals surface area (Å²) in [5.41, 5.74) is -0.819. The van der Waals surface area contributed by atoms with E-state index in [0.29, 0.717) is 10.6 Å². The molecule has 0 fully saturated rings. The minimum absolute atomic E-state index is 0.590. The number of nitrogens with zero attached hydrogens (tertiary/aromatic N) is 1. The molecule has 6 heteroatoms. The second-order valence-electron chi connectivity index (χ2n) is 3.86.